The number of hydrogen-bond donors (Lipinski definition) is 0. The number of esters is 1. The van der Waals surface area contributed by atoms with Gasteiger partial charge in [-0.3, -0.25) is 0 Å². The average molecular weight is 279 g/mol. The van der Waals surface area contributed by atoms with Gasteiger partial charge >= 0.3 is 5.97 Å². The third kappa shape index (κ3) is 2.75. The maximum atomic E-state index is 13.3. The zero-order valence-electron chi connectivity index (χ0n) is 8.02. The van der Waals surface area contributed by atoms with Crippen LogP contribution in [-0.4, -0.2) is 12.6 Å². The van der Waals surface area contributed by atoms with Crippen LogP contribution in [0.2, 0.25) is 0 Å². The van der Waals surface area contributed by atoms with Gasteiger partial charge in [-0.1, -0.05) is 15.9 Å². The lowest BCUT2D eigenvalue weighted by Gasteiger charge is -2.05. The smallest absolute Gasteiger partial charge is 0.344 e. The van der Waals surface area contributed by atoms with Gasteiger partial charge in [-0.2, -0.15) is 0 Å². The number of carbonyl (C=O) groups excluding carboxylic acids is 1. The predicted octanol–water partition coefficient (Wildman–Crippen LogP) is 3.04. The molecule has 0 unspecified atom stereocenters. The summed E-state index contributed by atoms with van der Waals surface area (Å²) in [6.45, 7) is 1.65. The van der Waals surface area contributed by atoms with Crippen molar-refractivity contribution in [3.8, 4) is 0 Å². The van der Waals surface area contributed by atoms with Gasteiger partial charge in [0.15, 0.2) is 0 Å². The first-order valence-corrected chi connectivity index (χ1v) is 5.43. The van der Waals surface area contributed by atoms with Crippen LogP contribution in [-0.2, 0) is 10.1 Å². The van der Waals surface area contributed by atoms with Crippen molar-refractivity contribution in [3.63, 3.8) is 0 Å². The van der Waals surface area contributed by atoms with E-state index in [-0.39, 0.29) is 6.61 Å². The Kier molecular flexibility index (Phi) is 4.20. The summed E-state index contributed by atoms with van der Waals surface area (Å²) < 4.78 is 31.2. The molecule has 0 spiro atoms. The van der Waals surface area contributed by atoms with E-state index >= 15 is 0 Å². The number of carbonyl (C=O) groups is 1. The molecule has 0 saturated heterocycles. The van der Waals surface area contributed by atoms with Crippen molar-refractivity contribution in [1.82, 2.24) is 0 Å². The minimum Gasteiger partial charge on any atom is -0.462 e. The molecule has 2 nitrogen and oxygen atoms in total. The third-order valence-corrected chi connectivity index (χ3v) is 2.38. The fourth-order valence-corrected chi connectivity index (χ4v) is 1.42. The predicted molar refractivity (Wildman–Crippen MR) is 54.9 cm³/mol. The van der Waals surface area contributed by atoms with Crippen LogP contribution in [0.4, 0.5) is 8.78 Å². The lowest BCUT2D eigenvalue weighted by Crippen LogP contribution is -2.10. The van der Waals surface area contributed by atoms with Crippen LogP contribution >= 0.6 is 15.9 Å². The molecule has 0 amide bonds. The summed E-state index contributed by atoms with van der Waals surface area (Å²) in [6.07, 6.45) is 0. The van der Waals surface area contributed by atoms with Crippen molar-refractivity contribution in [2.24, 2.45) is 0 Å². The first kappa shape index (κ1) is 12.1. The van der Waals surface area contributed by atoms with Gasteiger partial charge in [0.25, 0.3) is 0 Å². The molecule has 0 heterocycles. The number of alkyl halides is 1. The first-order chi connectivity index (χ1) is 7.10. The van der Waals surface area contributed by atoms with E-state index in [0.717, 1.165) is 12.1 Å². The molecule has 15 heavy (non-hydrogen) atoms. The number of benzene rings is 1. The molecule has 5 heteroatoms. The zero-order chi connectivity index (χ0) is 11.4. The lowest BCUT2D eigenvalue weighted by molar-refractivity contribution is 0.0515. The molecule has 0 atom stereocenters. The monoisotopic (exact) mass is 278 g/mol. The van der Waals surface area contributed by atoms with E-state index in [1.807, 2.05) is 0 Å². The fraction of sp³-hybridized carbons (Fsp3) is 0.300. The Balaban J connectivity index is 3.13. The topological polar surface area (TPSA) is 26.3 Å². The maximum Gasteiger partial charge on any atom is 0.344 e. The maximum absolute atomic E-state index is 13.3. The van der Waals surface area contributed by atoms with Crippen LogP contribution in [0.5, 0.6) is 0 Å². The molecule has 0 aliphatic heterocycles. The Morgan fingerprint density at radius 2 is 1.93 bits per heavy atom. The van der Waals surface area contributed by atoms with Gasteiger partial charge < -0.3 is 4.74 Å². The van der Waals surface area contributed by atoms with Gasteiger partial charge in [-0.15, -0.1) is 0 Å². The van der Waals surface area contributed by atoms with E-state index in [2.05, 4.69) is 20.7 Å². The van der Waals surface area contributed by atoms with Gasteiger partial charge in [0.1, 0.15) is 17.2 Å². The third-order valence-electron chi connectivity index (χ3n) is 1.74. The van der Waals surface area contributed by atoms with Crippen LogP contribution in [0.3, 0.4) is 0 Å². The molecule has 1 aromatic carbocycles. The summed E-state index contributed by atoms with van der Waals surface area (Å²) in [4.78, 5) is 11.2. The largest absolute Gasteiger partial charge is 0.462 e. The molecule has 1 aromatic rings. The molecule has 0 radical (unpaired) electrons. The lowest BCUT2D eigenvalue weighted by atomic mass is 10.1. The molecular weight excluding hydrogens is 270 g/mol. The summed E-state index contributed by atoms with van der Waals surface area (Å²) >= 11 is 3.07. The van der Waals surface area contributed by atoms with Crippen LogP contribution in [0.25, 0.3) is 0 Å². The molecule has 82 valence electrons. The van der Waals surface area contributed by atoms with E-state index < -0.39 is 23.2 Å². The summed E-state index contributed by atoms with van der Waals surface area (Å²) in [5.41, 5.74) is -0.209. The fourth-order valence-electron chi connectivity index (χ4n) is 1.10. The highest BCUT2D eigenvalue weighted by molar-refractivity contribution is 9.08. The minimum atomic E-state index is -0.978. The Hall–Kier alpha value is -0.970. The molecule has 1 rings (SSSR count). The minimum absolute atomic E-state index is 0.0813. The van der Waals surface area contributed by atoms with E-state index in [0.29, 0.717) is 10.9 Å². The Bertz CT molecular complexity index is 357. The van der Waals surface area contributed by atoms with Crippen molar-refractivity contribution in [2.45, 2.75) is 12.3 Å². The average Bonchev–Trinajstić information content (AvgIpc) is 2.16. The summed E-state index contributed by atoms with van der Waals surface area (Å²) in [5, 5.41) is 0.323. The second kappa shape index (κ2) is 5.21. The molecule has 0 bridgehead atoms. The van der Waals surface area contributed by atoms with Gasteiger partial charge in [0.05, 0.1) is 6.61 Å². The Morgan fingerprint density at radius 1 is 1.40 bits per heavy atom. The van der Waals surface area contributed by atoms with E-state index in [9.17, 15) is 13.6 Å². The molecular formula is C10H9BrF2O2. The molecule has 0 N–H and O–H groups in total. The molecule has 0 aliphatic rings. The molecule has 0 fully saturated rings. The highest BCUT2D eigenvalue weighted by Gasteiger charge is 2.19. The van der Waals surface area contributed by atoms with Crippen LogP contribution in [0, 0.1) is 11.6 Å². The van der Waals surface area contributed by atoms with Gasteiger partial charge in [0, 0.05) is 5.33 Å². The highest BCUT2D eigenvalue weighted by Crippen LogP contribution is 2.18. The van der Waals surface area contributed by atoms with E-state index in [1.165, 1.54) is 0 Å². The Labute approximate surface area is 94.4 Å². The standard InChI is InChI=1S/C10H9BrF2O2/c1-2-15-10(14)9-7(12)3-6(5-11)4-8(9)13/h3-4H,2,5H2,1H3. The second-order valence-electron chi connectivity index (χ2n) is 2.79. The molecule has 0 aliphatic carbocycles. The van der Waals surface area contributed by atoms with Gasteiger partial charge in [0.2, 0.25) is 0 Å². The van der Waals surface area contributed by atoms with Crippen LogP contribution in [0.1, 0.15) is 22.8 Å². The molecule has 0 aromatic heterocycles. The summed E-state index contributed by atoms with van der Waals surface area (Å²) in [7, 11) is 0. The first-order valence-electron chi connectivity index (χ1n) is 4.31. The van der Waals surface area contributed by atoms with Crippen molar-refractivity contribution < 1.29 is 18.3 Å². The van der Waals surface area contributed by atoms with Crippen molar-refractivity contribution in [2.75, 3.05) is 6.61 Å². The number of ether oxygens (including phenoxy) is 1. The SMILES string of the molecule is CCOC(=O)c1c(F)cc(CBr)cc1F. The van der Waals surface area contributed by atoms with E-state index in [1.54, 1.807) is 6.92 Å². The van der Waals surface area contributed by atoms with Crippen LogP contribution < -0.4 is 0 Å². The highest BCUT2D eigenvalue weighted by atomic mass is 79.9. The normalized spacial score (nSPS) is 10.1. The number of halogens is 3. The Morgan fingerprint density at radius 3 is 2.33 bits per heavy atom. The van der Waals surface area contributed by atoms with Gasteiger partial charge in [-0.25, -0.2) is 13.6 Å². The van der Waals surface area contributed by atoms with Crippen LogP contribution in [0.15, 0.2) is 12.1 Å². The quantitative estimate of drug-likeness (QED) is 0.628. The van der Waals surface area contributed by atoms with Crippen molar-refractivity contribution in [1.29, 1.82) is 0 Å². The summed E-state index contributed by atoms with van der Waals surface area (Å²) in [5.74, 6) is -2.78. The van der Waals surface area contributed by atoms with Crippen molar-refractivity contribution >= 4 is 21.9 Å². The number of rotatable bonds is 3. The van der Waals surface area contributed by atoms with Crippen molar-refractivity contribution in [3.05, 3.63) is 34.9 Å². The number of hydrogen-bond acceptors (Lipinski definition) is 2. The zero-order valence-corrected chi connectivity index (χ0v) is 9.61. The van der Waals surface area contributed by atoms with E-state index in [4.69, 9.17) is 0 Å². The molecule has 0 saturated carbocycles. The van der Waals surface area contributed by atoms with Gasteiger partial charge in [-0.05, 0) is 24.6 Å². The second-order valence-corrected chi connectivity index (χ2v) is 3.35. The summed E-state index contributed by atoms with van der Waals surface area (Å²) in [6, 6.07) is 2.20.